The molecule has 84 valence electrons. The largest absolute Gasteiger partial charge is 0.524 e. The highest BCUT2D eigenvalue weighted by molar-refractivity contribution is 7.46. The maximum absolute atomic E-state index is 10.7. The van der Waals surface area contributed by atoms with E-state index in [1.165, 1.54) is 6.07 Å². The highest BCUT2D eigenvalue weighted by Gasteiger charge is 2.21. The van der Waals surface area contributed by atoms with Crippen LogP contribution >= 0.6 is 7.82 Å². The van der Waals surface area contributed by atoms with Gasteiger partial charge in [0.05, 0.1) is 0 Å². The van der Waals surface area contributed by atoms with E-state index in [0.29, 0.717) is 5.56 Å². The summed E-state index contributed by atoms with van der Waals surface area (Å²) in [6.45, 7) is 5.22. The predicted molar refractivity (Wildman–Crippen MR) is 55.0 cm³/mol. The molecule has 0 saturated heterocycles. The molecule has 15 heavy (non-hydrogen) atoms. The van der Waals surface area contributed by atoms with Gasteiger partial charge in [-0.25, -0.2) is 4.57 Å². The minimum Gasteiger partial charge on any atom is -0.504 e. The Kier molecular flexibility index (Phi) is 3.09. The van der Waals surface area contributed by atoms with Crippen LogP contribution in [-0.2, 0) is 4.57 Å². The van der Waals surface area contributed by atoms with Crippen molar-refractivity contribution in [3.05, 3.63) is 22.8 Å². The fourth-order valence-corrected chi connectivity index (χ4v) is 1.74. The zero-order chi connectivity index (χ0) is 11.8. The van der Waals surface area contributed by atoms with E-state index in [1.807, 2.05) is 0 Å². The third kappa shape index (κ3) is 2.72. The Labute approximate surface area is 87.6 Å². The minimum atomic E-state index is -4.64. The molecule has 0 fully saturated rings. The predicted octanol–water partition coefficient (Wildman–Crippen LogP) is 1.79. The molecule has 0 aromatic heterocycles. The standard InChI is InChI=1S/C9H13O5P/c1-5-4-8(10)9(7(3)6(5)2)14-15(11,12)13/h4,10H,1-3H3,(H2,11,12,13). The van der Waals surface area contributed by atoms with Crippen molar-refractivity contribution in [1.82, 2.24) is 0 Å². The first-order valence-corrected chi connectivity index (χ1v) is 5.80. The monoisotopic (exact) mass is 232 g/mol. The van der Waals surface area contributed by atoms with Gasteiger partial charge in [0, 0.05) is 0 Å². The molecule has 0 spiro atoms. The molecule has 1 rings (SSSR count). The van der Waals surface area contributed by atoms with Crippen molar-refractivity contribution in [2.24, 2.45) is 0 Å². The average Bonchev–Trinajstić information content (AvgIpc) is 2.07. The number of phosphoric ester groups is 1. The maximum Gasteiger partial charge on any atom is 0.524 e. The van der Waals surface area contributed by atoms with Gasteiger partial charge in [0.25, 0.3) is 0 Å². The number of phenols is 1. The first-order valence-electron chi connectivity index (χ1n) is 4.27. The van der Waals surface area contributed by atoms with Crippen LogP contribution < -0.4 is 4.52 Å². The molecular weight excluding hydrogens is 219 g/mol. The molecule has 0 atom stereocenters. The Hall–Kier alpha value is -1.03. The summed E-state index contributed by atoms with van der Waals surface area (Å²) >= 11 is 0. The van der Waals surface area contributed by atoms with Crippen LogP contribution in [0.15, 0.2) is 6.07 Å². The molecule has 0 aliphatic heterocycles. The summed E-state index contributed by atoms with van der Waals surface area (Å²) in [5.74, 6) is -0.426. The SMILES string of the molecule is Cc1cc(O)c(OP(=O)(O)O)c(C)c1C. The van der Waals surface area contributed by atoms with Crippen molar-refractivity contribution in [1.29, 1.82) is 0 Å². The molecule has 0 amide bonds. The Morgan fingerprint density at radius 1 is 1.20 bits per heavy atom. The molecule has 3 N–H and O–H groups in total. The number of hydrogen-bond acceptors (Lipinski definition) is 3. The Balaban J connectivity index is 3.30. The third-order valence-electron chi connectivity index (χ3n) is 2.29. The molecule has 0 aliphatic rings. The summed E-state index contributed by atoms with van der Waals surface area (Å²) < 4.78 is 15.1. The van der Waals surface area contributed by atoms with Gasteiger partial charge in [-0.1, -0.05) is 0 Å². The lowest BCUT2D eigenvalue weighted by atomic mass is 10.0. The quantitative estimate of drug-likeness (QED) is 0.676. The molecular formula is C9H13O5P. The number of hydrogen-bond donors (Lipinski definition) is 3. The second kappa shape index (κ2) is 3.85. The molecule has 0 unspecified atom stereocenters. The van der Waals surface area contributed by atoms with Crippen LogP contribution in [-0.4, -0.2) is 14.9 Å². The average molecular weight is 232 g/mol. The summed E-state index contributed by atoms with van der Waals surface area (Å²) in [4.78, 5) is 17.3. The number of phenolic OH excluding ortho intramolecular Hbond substituents is 1. The van der Waals surface area contributed by atoms with E-state index in [9.17, 15) is 9.67 Å². The van der Waals surface area contributed by atoms with E-state index in [4.69, 9.17) is 9.79 Å². The molecule has 0 bridgehead atoms. The Bertz CT molecular complexity index is 435. The van der Waals surface area contributed by atoms with Crippen molar-refractivity contribution in [2.45, 2.75) is 20.8 Å². The highest BCUT2D eigenvalue weighted by atomic mass is 31.2. The van der Waals surface area contributed by atoms with Crippen LogP contribution in [0.25, 0.3) is 0 Å². The first kappa shape index (κ1) is 12.0. The minimum absolute atomic E-state index is 0.161. The summed E-state index contributed by atoms with van der Waals surface area (Å²) in [5.41, 5.74) is 2.19. The van der Waals surface area contributed by atoms with Crippen molar-refractivity contribution in [3.8, 4) is 11.5 Å². The molecule has 5 nitrogen and oxygen atoms in total. The molecule has 1 aromatic carbocycles. The smallest absolute Gasteiger partial charge is 0.504 e. The molecule has 0 saturated carbocycles. The summed E-state index contributed by atoms with van der Waals surface area (Å²) in [5, 5.41) is 9.49. The van der Waals surface area contributed by atoms with E-state index in [-0.39, 0.29) is 11.5 Å². The van der Waals surface area contributed by atoms with Gasteiger partial charge in [0.2, 0.25) is 0 Å². The third-order valence-corrected chi connectivity index (χ3v) is 2.71. The molecule has 0 radical (unpaired) electrons. The topological polar surface area (TPSA) is 87.0 Å². The lowest BCUT2D eigenvalue weighted by Crippen LogP contribution is -1.96. The zero-order valence-electron chi connectivity index (χ0n) is 8.68. The number of aryl methyl sites for hydroxylation is 1. The van der Waals surface area contributed by atoms with E-state index >= 15 is 0 Å². The molecule has 0 heterocycles. The van der Waals surface area contributed by atoms with Gasteiger partial charge in [-0.15, -0.1) is 0 Å². The normalized spacial score (nSPS) is 11.5. The van der Waals surface area contributed by atoms with Gasteiger partial charge >= 0.3 is 7.82 Å². The van der Waals surface area contributed by atoms with Crippen molar-refractivity contribution < 1.29 is 24.0 Å². The summed E-state index contributed by atoms with van der Waals surface area (Å²) in [6, 6.07) is 1.41. The zero-order valence-corrected chi connectivity index (χ0v) is 9.58. The number of phosphoric acid groups is 1. The number of benzene rings is 1. The van der Waals surface area contributed by atoms with Crippen molar-refractivity contribution in [3.63, 3.8) is 0 Å². The summed E-state index contributed by atoms with van der Waals surface area (Å²) in [6.07, 6.45) is 0. The molecule has 6 heteroatoms. The van der Waals surface area contributed by atoms with Gasteiger partial charge in [-0.3, -0.25) is 9.79 Å². The number of rotatable bonds is 2. The van der Waals surface area contributed by atoms with Crippen LogP contribution in [0.1, 0.15) is 16.7 Å². The fraction of sp³-hybridized carbons (Fsp3) is 0.333. The molecule has 1 aromatic rings. The van der Waals surface area contributed by atoms with Gasteiger partial charge in [-0.05, 0) is 43.5 Å². The van der Waals surface area contributed by atoms with Gasteiger partial charge in [-0.2, -0.15) is 0 Å². The van der Waals surface area contributed by atoms with E-state index in [1.54, 1.807) is 20.8 Å². The van der Waals surface area contributed by atoms with Gasteiger partial charge in [0.1, 0.15) is 0 Å². The van der Waals surface area contributed by atoms with Crippen LogP contribution in [0, 0.1) is 20.8 Å². The highest BCUT2D eigenvalue weighted by Crippen LogP contribution is 2.44. The molecule has 0 aliphatic carbocycles. The Morgan fingerprint density at radius 3 is 2.20 bits per heavy atom. The number of aromatic hydroxyl groups is 1. The summed E-state index contributed by atoms with van der Waals surface area (Å²) in [7, 11) is -4.64. The van der Waals surface area contributed by atoms with Gasteiger partial charge < -0.3 is 9.63 Å². The second-order valence-corrected chi connectivity index (χ2v) is 4.54. The fourth-order valence-electron chi connectivity index (χ4n) is 1.27. The lowest BCUT2D eigenvalue weighted by Gasteiger charge is -2.14. The maximum atomic E-state index is 10.7. The van der Waals surface area contributed by atoms with Crippen LogP contribution in [0.5, 0.6) is 11.5 Å². The second-order valence-electron chi connectivity index (χ2n) is 3.37. The lowest BCUT2D eigenvalue weighted by molar-refractivity contribution is 0.277. The van der Waals surface area contributed by atoms with E-state index in [0.717, 1.165) is 11.1 Å². The van der Waals surface area contributed by atoms with E-state index in [2.05, 4.69) is 4.52 Å². The van der Waals surface area contributed by atoms with E-state index < -0.39 is 7.82 Å². The van der Waals surface area contributed by atoms with Crippen molar-refractivity contribution >= 4 is 7.82 Å². The van der Waals surface area contributed by atoms with Crippen LogP contribution in [0.3, 0.4) is 0 Å². The first-order chi connectivity index (χ1) is 6.72. The Morgan fingerprint density at radius 2 is 1.73 bits per heavy atom. The van der Waals surface area contributed by atoms with Crippen LogP contribution in [0.2, 0.25) is 0 Å². The van der Waals surface area contributed by atoms with Crippen LogP contribution in [0.4, 0.5) is 0 Å². The van der Waals surface area contributed by atoms with Gasteiger partial charge in [0.15, 0.2) is 11.5 Å². The van der Waals surface area contributed by atoms with Crippen molar-refractivity contribution in [2.75, 3.05) is 0 Å².